The average molecular weight is 587 g/mol. The molecule has 0 spiro atoms. The van der Waals surface area contributed by atoms with Crippen molar-refractivity contribution < 1.29 is 0 Å². The van der Waals surface area contributed by atoms with Crippen LogP contribution in [0.4, 0.5) is 0 Å². The Kier molecular flexibility index (Phi) is 8.75. The van der Waals surface area contributed by atoms with E-state index in [1.165, 1.54) is 93.2 Å². The lowest BCUT2D eigenvalue weighted by Gasteiger charge is -2.08. The molecule has 0 N–H and O–H groups in total. The van der Waals surface area contributed by atoms with Crippen molar-refractivity contribution in [2.24, 2.45) is 0 Å². The summed E-state index contributed by atoms with van der Waals surface area (Å²) in [6.07, 6.45) is 13.9. The van der Waals surface area contributed by atoms with Gasteiger partial charge in [0, 0.05) is 35.5 Å². The summed E-state index contributed by atoms with van der Waals surface area (Å²) in [5.41, 5.74) is 2.78. The van der Waals surface area contributed by atoms with Gasteiger partial charge in [0.25, 0.3) is 0 Å². The van der Waals surface area contributed by atoms with Crippen molar-refractivity contribution in [3.8, 4) is 0 Å². The fraction of sp³-hybridized carbons (Fsp3) is 0.500. The van der Waals surface area contributed by atoms with Gasteiger partial charge in [-0.1, -0.05) is 64.7 Å². The molecule has 0 bridgehead atoms. The standard InChI is InChI=1S/C24H31I2N/c1-2-3-4-5-6-7-8-9-10-11-16-27-23-14-12-19(25)17-21(23)22-18-20(26)13-15-24(22)27/h12-15,17-18H,2-11,16H2,1H3. The van der Waals surface area contributed by atoms with Crippen LogP contribution in [0.1, 0.15) is 71.1 Å². The number of fused-ring (bicyclic) bond motifs is 3. The van der Waals surface area contributed by atoms with Crippen molar-refractivity contribution in [1.82, 2.24) is 4.57 Å². The number of nitrogens with zero attached hydrogens (tertiary/aromatic N) is 1. The zero-order valence-electron chi connectivity index (χ0n) is 16.4. The molecule has 1 nitrogen and oxygen atoms in total. The van der Waals surface area contributed by atoms with Gasteiger partial charge in [-0.2, -0.15) is 0 Å². The number of hydrogen-bond donors (Lipinski definition) is 0. The molecule has 146 valence electrons. The number of hydrogen-bond acceptors (Lipinski definition) is 0. The maximum Gasteiger partial charge on any atom is 0.0492 e. The number of aromatic nitrogens is 1. The van der Waals surface area contributed by atoms with Crippen molar-refractivity contribution in [1.29, 1.82) is 0 Å². The highest BCUT2D eigenvalue weighted by Gasteiger charge is 2.11. The van der Waals surface area contributed by atoms with Crippen molar-refractivity contribution in [2.75, 3.05) is 0 Å². The molecule has 0 aliphatic carbocycles. The number of unbranched alkanes of at least 4 members (excludes halogenated alkanes) is 9. The summed E-state index contributed by atoms with van der Waals surface area (Å²) in [5.74, 6) is 0. The average Bonchev–Trinajstić information content (AvgIpc) is 2.95. The van der Waals surface area contributed by atoms with Crippen LogP contribution in [-0.2, 0) is 6.54 Å². The lowest BCUT2D eigenvalue weighted by Crippen LogP contribution is -1.97. The summed E-state index contributed by atoms with van der Waals surface area (Å²) in [4.78, 5) is 0. The van der Waals surface area contributed by atoms with E-state index in [2.05, 4.69) is 93.1 Å². The van der Waals surface area contributed by atoms with Gasteiger partial charge in [0.05, 0.1) is 0 Å². The Hall–Kier alpha value is -0.300. The Balaban J connectivity index is 1.55. The highest BCUT2D eigenvalue weighted by atomic mass is 127. The Morgan fingerprint density at radius 3 is 1.56 bits per heavy atom. The Labute approximate surface area is 191 Å². The monoisotopic (exact) mass is 587 g/mol. The lowest BCUT2D eigenvalue weighted by molar-refractivity contribution is 0.541. The minimum Gasteiger partial charge on any atom is -0.340 e. The smallest absolute Gasteiger partial charge is 0.0492 e. The van der Waals surface area contributed by atoms with Crippen LogP contribution in [0, 0.1) is 7.14 Å². The molecule has 0 saturated heterocycles. The van der Waals surface area contributed by atoms with E-state index in [1.54, 1.807) is 0 Å². The van der Waals surface area contributed by atoms with Crippen molar-refractivity contribution in [3.63, 3.8) is 0 Å². The first-order chi connectivity index (χ1) is 13.2. The van der Waals surface area contributed by atoms with Crippen LogP contribution < -0.4 is 0 Å². The summed E-state index contributed by atoms with van der Waals surface area (Å²) in [5, 5.41) is 2.81. The predicted molar refractivity (Wildman–Crippen MR) is 137 cm³/mol. The molecule has 1 aromatic heterocycles. The van der Waals surface area contributed by atoms with E-state index in [0.717, 1.165) is 6.54 Å². The van der Waals surface area contributed by atoms with Crippen molar-refractivity contribution >= 4 is 67.0 Å². The highest BCUT2D eigenvalue weighted by molar-refractivity contribution is 14.1. The van der Waals surface area contributed by atoms with Gasteiger partial charge in [0.15, 0.2) is 0 Å². The van der Waals surface area contributed by atoms with Gasteiger partial charge >= 0.3 is 0 Å². The summed E-state index contributed by atoms with van der Waals surface area (Å²) in [6, 6.07) is 13.8. The van der Waals surface area contributed by atoms with Gasteiger partial charge in [-0.15, -0.1) is 0 Å². The van der Waals surface area contributed by atoms with Crippen LogP contribution in [0.15, 0.2) is 36.4 Å². The first-order valence-electron chi connectivity index (χ1n) is 10.6. The van der Waals surface area contributed by atoms with E-state index in [0.29, 0.717) is 0 Å². The molecule has 2 aromatic carbocycles. The molecule has 0 amide bonds. The van der Waals surface area contributed by atoms with Gasteiger partial charge < -0.3 is 4.57 Å². The molecule has 1 heterocycles. The summed E-state index contributed by atoms with van der Waals surface area (Å²) < 4.78 is 5.18. The van der Waals surface area contributed by atoms with E-state index in [4.69, 9.17) is 0 Å². The first kappa shape index (κ1) is 21.4. The first-order valence-corrected chi connectivity index (χ1v) is 12.7. The minimum atomic E-state index is 1.14. The Bertz CT molecular complexity index is 806. The molecule has 0 fully saturated rings. The fourth-order valence-electron chi connectivity index (χ4n) is 4.05. The normalized spacial score (nSPS) is 11.7. The molecule has 0 aliphatic heterocycles. The number of halogens is 2. The van der Waals surface area contributed by atoms with E-state index >= 15 is 0 Å². The molecular formula is C24H31I2N. The molecule has 0 saturated carbocycles. The van der Waals surface area contributed by atoms with Gasteiger partial charge in [-0.05, 0) is 88.0 Å². The maximum absolute atomic E-state index is 2.54. The van der Waals surface area contributed by atoms with Gasteiger partial charge in [-0.25, -0.2) is 0 Å². The van der Waals surface area contributed by atoms with E-state index < -0.39 is 0 Å². The quantitative estimate of drug-likeness (QED) is 0.156. The molecule has 3 aromatic rings. The fourth-order valence-corrected chi connectivity index (χ4v) is 5.03. The number of rotatable bonds is 11. The van der Waals surface area contributed by atoms with Crippen LogP contribution in [0.2, 0.25) is 0 Å². The van der Waals surface area contributed by atoms with E-state index in [-0.39, 0.29) is 0 Å². The van der Waals surface area contributed by atoms with Crippen LogP contribution in [-0.4, -0.2) is 4.57 Å². The zero-order valence-corrected chi connectivity index (χ0v) is 20.8. The topological polar surface area (TPSA) is 4.93 Å². The van der Waals surface area contributed by atoms with Gasteiger partial charge in [0.1, 0.15) is 0 Å². The molecule has 0 aliphatic rings. The summed E-state index contributed by atoms with van der Waals surface area (Å²) in [7, 11) is 0. The molecule has 0 unspecified atom stereocenters. The second-order valence-corrected chi connectivity index (χ2v) is 10.1. The van der Waals surface area contributed by atoms with Crippen LogP contribution in [0.25, 0.3) is 21.8 Å². The zero-order chi connectivity index (χ0) is 19.1. The third kappa shape index (κ3) is 5.84. The third-order valence-electron chi connectivity index (χ3n) is 5.52. The molecular weight excluding hydrogens is 556 g/mol. The van der Waals surface area contributed by atoms with Gasteiger partial charge in [-0.3, -0.25) is 0 Å². The summed E-state index contributed by atoms with van der Waals surface area (Å²) in [6.45, 7) is 3.43. The highest BCUT2D eigenvalue weighted by Crippen LogP contribution is 2.31. The molecule has 0 atom stereocenters. The van der Waals surface area contributed by atoms with Crippen LogP contribution in [0.3, 0.4) is 0 Å². The van der Waals surface area contributed by atoms with E-state index in [1.807, 2.05) is 0 Å². The van der Waals surface area contributed by atoms with E-state index in [9.17, 15) is 0 Å². The van der Waals surface area contributed by atoms with Crippen LogP contribution in [0.5, 0.6) is 0 Å². The molecule has 0 radical (unpaired) electrons. The minimum absolute atomic E-state index is 1.14. The molecule has 27 heavy (non-hydrogen) atoms. The van der Waals surface area contributed by atoms with Gasteiger partial charge in [0.2, 0.25) is 0 Å². The second-order valence-electron chi connectivity index (χ2n) is 7.66. The molecule has 3 rings (SSSR count). The van der Waals surface area contributed by atoms with Crippen molar-refractivity contribution in [2.45, 2.75) is 77.7 Å². The third-order valence-corrected chi connectivity index (χ3v) is 6.87. The SMILES string of the molecule is CCCCCCCCCCCCn1c2ccc(I)cc2c2cc(I)ccc21. The Morgan fingerprint density at radius 2 is 1.07 bits per heavy atom. The largest absolute Gasteiger partial charge is 0.340 e. The predicted octanol–water partition coefficient (Wildman–Crippen LogP) is 8.92. The summed E-state index contributed by atoms with van der Waals surface area (Å²) >= 11 is 4.85. The second kappa shape index (κ2) is 11.0. The number of aryl methyl sites for hydroxylation is 1. The van der Waals surface area contributed by atoms with Crippen molar-refractivity contribution in [3.05, 3.63) is 43.5 Å². The molecule has 3 heteroatoms. The number of benzene rings is 2. The maximum atomic E-state index is 2.54. The van der Waals surface area contributed by atoms with Crippen LogP contribution >= 0.6 is 45.2 Å². The lowest BCUT2D eigenvalue weighted by atomic mass is 10.1. The Morgan fingerprint density at radius 1 is 0.630 bits per heavy atom.